The molecule has 1 N–H and O–H groups in total. The first-order valence-electron chi connectivity index (χ1n) is 6.57. The Morgan fingerprint density at radius 3 is 2.53 bits per heavy atom. The number of aliphatic hydroxyl groups excluding tert-OH is 1. The van der Waals surface area contributed by atoms with Gasteiger partial charge in [-0.3, -0.25) is 9.58 Å². The monoisotopic (exact) mass is 235 g/mol. The summed E-state index contributed by atoms with van der Waals surface area (Å²) in [4.78, 5) is 2.57. The molecule has 2 fully saturated rings. The number of hydrogen-bond acceptors (Lipinski definition) is 3. The molecule has 0 saturated carbocycles. The molecule has 2 aliphatic heterocycles. The largest absolute Gasteiger partial charge is 0.393 e. The fraction of sp³-hybridized carbons (Fsp3) is 0.769. The van der Waals surface area contributed by atoms with Gasteiger partial charge in [-0.25, -0.2) is 0 Å². The van der Waals surface area contributed by atoms with Crippen molar-refractivity contribution in [1.29, 1.82) is 0 Å². The highest BCUT2D eigenvalue weighted by molar-refractivity contribution is 5.10. The molecule has 4 nitrogen and oxygen atoms in total. The zero-order valence-corrected chi connectivity index (χ0v) is 10.6. The van der Waals surface area contributed by atoms with Gasteiger partial charge < -0.3 is 5.11 Å². The molecular formula is C13H21N3O. The van der Waals surface area contributed by atoms with Crippen molar-refractivity contribution in [3.8, 4) is 0 Å². The highest BCUT2D eigenvalue weighted by atomic mass is 16.3. The molecule has 0 spiro atoms. The Hall–Kier alpha value is -0.870. The van der Waals surface area contributed by atoms with E-state index < -0.39 is 0 Å². The first-order valence-corrected chi connectivity index (χ1v) is 6.57. The van der Waals surface area contributed by atoms with Crippen LogP contribution in [0.1, 0.15) is 37.1 Å². The van der Waals surface area contributed by atoms with Gasteiger partial charge in [0.2, 0.25) is 0 Å². The van der Waals surface area contributed by atoms with E-state index in [1.807, 2.05) is 18.7 Å². The van der Waals surface area contributed by atoms with Gasteiger partial charge in [-0.2, -0.15) is 5.10 Å². The Balaban J connectivity index is 1.76. The summed E-state index contributed by atoms with van der Waals surface area (Å²) >= 11 is 0. The maximum atomic E-state index is 9.79. The molecule has 1 aromatic rings. The van der Waals surface area contributed by atoms with Crippen LogP contribution in [0.2, 0.25) is 0 Å². The summed E-state index contributed by atoms with van der Waals surface area (Å²) in [7, 11) is 2.02. The molecular weight excluding hydrogens is 214 g/mol. The zero-order chi connectivity index (χ0) is 12.0. The van der Waals surface area contributed by atoms with E-state index in [4.69, 9.17) is 0 Å². The number of nitrogens with zero attached hydrogens (tertiary/aromatic N) is 3. The fourth-order valence-corrected chi connectivity index (χ4v) is 3.50. The minimum absolute atomic E-state index is 0.0722. The standard InChI is InChI=1S/C13H21N3O/c1-9-5-12(15(2)14-9)8-16-10-3-4-11(16)7-13(17)6-10/h5,10-11,13,17H,3-4,6-8H2,1-2H3. The van der Waals surface area contributed by atoms with Crippen molar-refractivity contribution in [2.45, 2.75) is 57.3 Å². The SMILES string of the molecule is Cc1cc(CN2C3CCC2CC(O)C3)n(C)n1. The molecule has 3 rings (SSSR count). The van der Waals surface area contributed by atoms with Crippen LogP contribution in [0, 0.1) is 6.92 Å². The quantitative estimate of drug-likeness (QED) is 0.838. The molecule has 2 atom stereocenters. The molecule has 0 aromatic carbocycles. The summed E-state index contributed by atoms with van der Waals surface area (Å²) in [5, 5.41) is 14.2. The normalized spacial score (nSPS) is 33.2. The van der Waals surface area contributed by atoms with Gasteiger partial charge in [0.25, 0.3) is 0 Å². The predicted molar refractivity (Wildman–Crippen MR) is 65.5 cm³/mol. The zero-order valence-electron chi connectivity index (χ0n) is 10.6. The van der Waals surface area contributed by atoms with Crippen molar-refractivity contribution in [2.24, 2.45) is 7.05 Å². The van der Waals surface area contributed by atoms with E-state index in [-0.39, 0.29) is 6.10 Å². The predicted octanol–water partition coefficient (Wildman–Crippen LogP) is 1.22. The Morgan fingerprint density at radius 2 is 2.00 bits per heavy atom. The van der Waals surface area contributed by atoms with Gasteiger partial charge >= 0.3 is 0 Å². The summed E-state index contributed by atoms with van der Waals surface area (Å²) < 4.78 is 1.99. The second-order valence-corrected chi connectivity index (χ2v) is 5.58. The highest BCUT2D eigenvalue weighted by Gasteiger charge is 2.40. The average molecular weight is 235 g/mol. The van der Waals surface area contributed by atoms with Crippen LogP contribution in [-0.4, -0.2) is 38.0 Å². The first-order chi connectivity index (χ1) is 8.13. The Labute approximate surface area is 102 Å². The van der Waals surface area contributed by atoms with Crippen LogP contribution in [0.3, 0.4) is 0 Å². The van der Waals surface area contributed by atoms with Gasteiger partial charge in [0.1, 0.15) is 0 Å². The molecule has 0 radical (unpaired) electrons. The minimum atomic E-state index is -0.0722. The summed E-state index contributed by atoms with van der Waals surface area (Å²) in [5.74, 6) is 0. The van der Waals surface area contributed by atoms with Gasteiger partial charge in [-0.05, 0) is 38.7 Å². The lowest BCUT2D eigenvalue weighted by atomic mass is 10.00. The fourth-order valence-electron chi connectivity index (χ4n) is 3.50. The van der Waals surface area contributed by atoms with Crippen LogP contribution in [0.25, 0.3) is 0 Å². The Morgan fingerprint density at radius 1 is 1.35 bits per heavy atom. The number of piperidine rings is 1. The van der Waals surface area contributed by atoms with Crippen molar-refractivity contribution in [1.82, 2.24) is 14.7 Å². The molecule has 94 valence electrons. The maximum absolute atomic E-state index is 9.79. The van der Waals surface area contributed by atoms with Crippen molar-refractivity contribution in [3.05, 3.63) is 17.5 Å². The molecule has 2 unspecified atom stereocenters. The van der Waals surface area contributed by atoms with E-state index in [2.05, 4.69) is 16.1 Å². The van der Waals surface area contributed by atoms with Crippen LogP contribution in [0.5, 0.6) is 0 Å². The lowest BCUT2D eigenvalue weighted by molar-refractivity contribution is 0.0298. The topological polar surface area (TPSA) is 41.3 Å². The smallest absolute Gasteiger partial charge is 0.0597 e. The lowest BCUT2D eigenvalue weighted by Gasteiger charge is -2.37. The van der Waals surface area contributed by atoms with Crippen LogP contribution in [-0.2, 0) is 13.6 Å². The number of aryl methyl sites for hydroxylation is 2. The van der Waals surface area contributed by atoms with Crippen molar-refractivity contribution in [2.75, 3.05) is 0 Å². The van der Waals surface area contributed by atoms with Crippen LogP contribution < -0.4 is 0 Å². The van der Waals surface area contributed by atoms with Crippen LogP contribution >= 0.6 is 0 Å². The second kappa shape index (κ2) is 4.10. The van der Waals surface area contributed by atoms with Crippen LogP contribution in [0.4, 0.5) is 0 Å². The third-order valence-corrected chi connectivity index (χ3v) is 4.30. The minimum Gasteiger partial charge on any atom is -0.393 e. The van der Waals surface area contributed by atoms with Gasteiger partial charge in [0.15, 0.2) is 0 Å². The third-order valence-electron chi connectivity index (χ3n) is 4.30. The first kappa shape index (κ1) is 11.2. The van der Waals surface area contributed by atoms with E-state index in [1.165, 1.54) is 18.5 Å². The molecule has 0 amide bonds. The summed E-state index contributed by atoms with van der Waals surface area (Å²) in [6, 6.07) is 3.34. The van der Waals surface area contributed by atoms with E-state index in [9.17, 15) is 5.11 Å². The number of hydrogen-bond donors (Lipinski definition) is 1. The van der Waals surface area contributed by atoms with Crippen molar-refractivity contribution in [3.63, 3.8) is 0 Å². The van der Waals surface area contributed by atoms with Gasteiger partial charge in [0, 0.05) is 25.7 Å². The van der Waals surface area contributed by atoms with Crippen molar-refractivity contribution >= 4 is 0 Å². The van der Waals surface area contributed by atoms with Gasteiger partial charge in [-0.1, -0.05) is 0 Å². The van der Waals surface area contributed by atoms with E-state index in [0.29, 0.717) is 12.1 Å². The van der Waals surface area contributed by atoms with E-state index >= 15 is 0 Å². The number of fused-ring (bicyclic) bond motifs is 2. The van der Waals surface area contributed by atoms with E-state index in [0.717, 1.165) is 25.1 Å². The molecule has 1 aromatic heterocycles. The lowest BCUT2D eigenvalue weighted by Crippen LogP contribution is -2.44. The number of rotatable bonds is 2. The Kier molecular flexibility index (Phi) is 2.71. The van der Waals surface area contributed by atoms with E-state index in [1.54, 1.807) is 0 Å². The Bertz CT molecular complexity index is 401. The summed E-state index contributed by atoms with van der Waals surface area (Å²) in [6.07, 6.45) is 4.33. The molecule has 4 heteroatoms. The van der Waals surface area contributed by atoms with Crippen molar-refractivity contribution < 1.29 is 5.11 Å². The molecule has 3 heterocycles. The second-order valence-electron chi connectivity index (χ2n) is 5.58. The molecule has 2 saturated heterocycles. The summed E-state index contributed by atoms with van der Waals surface area (Å²) in [5.41, 5.74) is 2.38. The maximum Gasteiger partial charge on any atom is 0.0597 e. The molecule has 17 heavy (non-hydrogen) atoms. The summed E-state index contributed by atoms with van der Waals surface area (Å²) in [6.45, 7) is 3.03. The third kappa shape index (κ3) is 2.00. The molecule has 2 aliphatic rings. The number of aliphatic hydroxyl groups is 1. The molecule has 2 bridgehead atoms. The van der Waals surface area contributed by atoms with Gasteiger partial charge in [0.05, 0.1) is 17.5 Å². The van der Waals surface area contributed by atoms with Crippen LogP contribution in [0.15, 0.2) is 6.07 Å². The average Bonchev–Trinajstić information content (AvgIpc) is 2.68. The highest BCUT2D eigenvalue weighted by Crippen LogP contribution is 2.36. The number of aromatic nitrogens is 2. The molecule has 0 aliphatic carbocycles. The van der Waals surface area contributed by atoms with Gasteiger partial charge in [-0.15, -0.1) is 0 Å².